The van der Waals surface area contributed by atoms with Crippen LogP contribution in [-0.4, -0.2) is 173 Å². The zero-order valence-electron chi connectivity index (χ0n) is 45.4. The molecule has 1 spiro atoms. The molecule has 5 aliphatic rings. The van der Waals surface area contributed by atoms with Gasteiger partial charge in [0.2, 0.25) is 17.5 Å². The Kier molecular flexibility index (Phi) is 16.0. The molecule has 5 aliphatic heterocycles. The second-order valence-corrected chi connectivity index (χ2v) is 23.2. The summed E-state index contributed by atoms with van der Waals surface area (Å²) in [6.07, 6.45) is -3.39. The summed E-state index contributed by atoms with van der Waals surface area (Å²) in [4.78, 5) is 83.4. The molecule has 0 radical (unpaired) electrons. The number of aliphatic hydroxyl groups is 1. The Hall–Kier alpha value is -5.79. The van der Waals surface area contributed by atoms with Crippen LogP contribution in [0, 0.1) is 28.6 Å². The van der Waals surface area contributed by atoms with Crippen molar-refractivity contribution in [3.63, 3.8) is 0 Å². The summed E-state index contributed by atoms with van der Waals surface area (Å²) in [6.45, 7) is 12.9. The van der Waals surface area contributed by atoms with E-state index in [1.807, 2.05) is 71.5 Å². The smallest absolute Gasteiger partial charge is 0.406 e. The zero-order chi connectivity index (χ0) is 55.3. The number of carbonyl (C=O) groups excluding carboxylic acids is 5. The second-order valence-electron chi connectivity index (χ2n) is 23.2. The molecule has 0 saturated carbocycles. The van der Waals surface area contributed by atoms with Gasteiger partial charge in [0, 0.05) is 93.0 Å². The van der Waals surface area contributed by atoms with Crippen molar-refractivity contribution >= 4 is 46.2 Å². The Morgan fingerprint density at radius 2 is 1.79 bits per heavy atom. The zero-order valence-corrected chi connectivity index (χ0v) is 45.4. The number of alkyl halides is 3. The van der Waals surface area contributed by atoms with Gasteiger partial charge < -0.3 is 43.9 Å². The van der Waals surface area contributed by atoms with E-state index in [2.05, 4.69) is 27.6 Å². The molecule has 4 saturated heterocycles. The number of carbonyl (C=O) groups is 5. The minimum Gasteiger partial charge on any atom is -0.462 e. The molecule has 76 heavy (non-hydrogen) atoms. The molecular formula is C55H74F3N9O9. The topological polar surface area (TPSA) is 191 Å². The van der Waals surface area contributed by atoms with E-state index in [-0.39, 0.29) is 76.9 Å². The number of esters is 1. The molecule has 18 nitrogen and oxygen atoms in total. The lowest BCUT2D eigenvalue weighted by molar-refractivity contribution is -0.189. The van der Waals surface area contributed by atoms with E-state index in [1.165, 1.54) is 11.7 Å². The first-order valence-corrected chi connectivity index (χ1v) is 26.3. The molecule has 414 valence electrons. The van der Waals surface area contributed by atoms with Crippen molar-refractivity contribution in [1.82, 2.24) is 40.0 Å². The molecule has 6 bridgehead atoms. The quantitative estimate of drug-likeness (QED) is 0.196. The summed E-state index contributed by atoms with van der Waals surface area (Å²) in [5.41, 5.74) is 0.724. The number of halogens is 3. The van der Waals surface area contributed by atoms with Gasteiger partial charge in [-0.25, -0.2) is 4.79 Å². The van der Waals surface area contributed by atoms with Crippen LogP contribution in [0.15, 0.2) is 36.5 Å². The number of anilines is 1. The molecule has 1 aromatic carbocycles. The maximum absolute atomic E-state index is 14.9. The Morgan fingerprint density at radius 3 is 2.49 bits per heavy atom. The Morgan fingerprint density at radius 1 is 1.05 bits per heavy atom. The van der Waals surface area contributed by atoms with Crippen molar-refractivity contribution in [3.8, 4) is 23.1 Å². The van der Waals surface area contributed by atoms with Gasteiger partial charge in [-0.15, -0.1) is 0 Å². The van der Waals surface area contributed by atoms with Crippen LogP contribution in [0.1, 0.15) is 97.9 Å². The van der Waals surface area contributed by atoms with Gasteiger partial charge in [0.1, 0.15) is 18.6 Å². The predicted octanol–water partition coefficient (Wildman–Crippen LogP) is 4.81. The summed E-state index contributed by atoms with van der Waals surface area (Å²) in [6, 6.07) is 6.40. The molecule has 4 amide bonds. The van der Waals surface area contributed by atoms with Gasteiger partial charge in [-0.05, 0) is 108 Å². The number of nitrogens with zero attached hydrogens (tertiary/aromatic N) is 7. The lowest BCUT2D eigenvalue weighted by Crippen LogP contribution is -2.67. The van der Waals surface area contributed by atoms with Gasteiger partial charge in [-0.1, -0.05) is 33.6 Å². The van der Waals surface area contributed by atoms with Crippen LogP contribution in [0.5, 0.6) is 0 Å². The number of nitrogens with one attached hydrogen (secondary N) is 2. The number of fused-ring (bicyclic) bond motifs is 6. The molecule has 2 aromatic heterocycles. The Labute approximate surface area is 442 Å². The van der Waals surface area contributed by atoms with Crippen molar-refractivity contribution in [3.05, 3.63) is 47.8 Å². The van der Waals surface area contributed by atoms with Crippen molar-refractivity contribution < 1.29 is 56.5 Å². The van der Waals surface area contributed by atoms with Crippen LogP contribution >= 0.6 is 0 Å². The first-order valence-electron chi connectivity index (χ1n) is 26.3. The first kappa shape index (κ1) is 56.4. The van der Waals surface area contributed by atoms with Crippen LogP contribution in [-0.2, 0) is 51.1 Å². The van der Waals surface area contributed by atoms with E-state index < -0.39 is 82.8 Å². The molecule has 21 heteroatoms. The molecule has 6 atom stereocenters. The van der Waals surface area contributed by atoms with Crippen LogP contribution in [0.2, 0.25) is 0 Å². The highest BCUT2D eigenvalue weighted by atomic mass is 19.4. The van der Waals surface area contributed by atoms with Crippen LogP contribution in [0.3, 0.4) is 0 Å². The van der Waals surface area contributed by atoms with Crippen molar-refractivity contribution in [1.29, 1.82) is 0 Å². The third kappa shape index (κ3) is 11.6. The molecule has 3 aromatic rings. The number of cyclic esters (lactones) is 1. The third-order valence-electron chi connectivity index (χ3n) is 16.0. The standard InChI is InChI=1S/C55H74F3N9O9/c1-34(2)45(65-24-20-53(49(65)71)19-23-64(31-53)43(68)16-18-52(6,7)62(8)9)47(69)60-41-28-37-30-63(25-26-75-37)36-14-15-42-39(27-36)40(29-51(4,5)33-76-50(72)54(73)17-12-22-67(61-54)48(41)70)46(66(42)32-55(56,57)58)38-13-11-21-59-44(38)35(3)74-10/h11,13-15,21,27,34-35,37,41,45,61,73H,12,17,19-20,22-26,28-33H2,1-10H3,(H,60,69)/t35-,37-,41-,45-,53+,54-/m0/s1. The van der Waals surface area contributed by atoms with Gasteiger partial charge >= 0.3 is 12.1 Å². The first-order chi connectivity index (χ1) is 35.7. The molecule has 7 heterocycles. The van der Waals surface area contributed by atoms with Gasteiger partial charge in [0.05, 0.1) is 47.8 Å². The molecule has 4 fully saturated rings. The molecule has 3 N–H and O–H groups in total. The van der Waals surface area contributed by atoms with E-state index in [9.17, 15) is 42.3 Å². The van der Waals surface area contributed by atoms with E-state index in [1.54, 1.807) is 47.2 Å². The lowest BCUT2D eigenvalue weighted by Gasteiger charge is -2.41. The highest BCUT2D eigenvalue weighted by molar-refractivity contribution is 5.98. The summed E-state index contributed by atoms with van der Waals surface area (Å²) in [7, 11) is 5.26. The van der Waals surface area contributed by atoms with Crippen molar-refractivity contribution in [2.24, 2.45) is 16.7 Å². The Balaban J connectivity index is 1.14. The second kappa shape index (κ2) is 21.6. The number of amides is 4. The number of methoxy groups -OCH3 is 1. The normalized spacial score (nSPS) is 25.4. The number of benzene rings is 1. The molecule has 0 aliphatic carbocycles. The number of likely N-dealkylation sites (tertiary alicyclic amines) is 2. The Bertz CT molecular complexity index is 2790. The summed E-state index contributed by atoms with van der Waals surface area (Å²) in [5.74, 6) is 2.47. The van der Waals surface area contributed by atoms with Gasteiger partial charge in [0.25, 0.3) is 11.8 Å². The minimum absolute atomic E-state index is 0.0649. The number of hydrazine groups is 1. The highest BCUT2D eigenvalue weighted by Gasteiger charge is 2.55. The van der Waals surface area contributed by atoms with Crippen molar-refractivity contribution in [2.75, 3.05) is 78.6 Å². The summed E-state index contributed by atoms with van der Waals surface area (Å²) >= 11 is 0. The van der Waals surface area contributed by atoms with E-state index >= 15 is 0 Å². The monoisotopic (exact) mass is 1060 g/mol. The minimum atomic E-state index is -4.62. The maximum Gasteiger partial charge on any atom is 0.406 e. The SMILES string of the molecule is CO[C@@H](C)c1ncccc1-c1c2c3cc(ccc3n1CC(F)(F)F)N1CCO[C@@H](C[C@H](NC(=O)[C@H](C(C)C)N3CC[C@@]4(CCN(C(=O)C#CC(C)(C)N(C)C)C4)C3=O)C(=O)N3CCC[C@@](O)(N3)C(=O)OCC(C)(C)C2)C1. The van der Waals surface area contributed by atoms with Crippen LogP contribution in [0.25, 0.3) is 22.2 Å². The number of hydrogen-bond acceptors (Lipinski definition) is 13. The number of pyridine rings is 1. The fourth-order valence-electron chi connectivity index (χ4n) is 11.3. The highest BCUT2D eigenvalue weighted by Crippen LogP contribution is 2.45. The molecular weight excluding hydrogens is 988 g/mol. The number of hydrogen-bond donors (Lipinski definition) is 3. The average molecular weight is 1060 g/mol. The number of ether oxygens (including phenoxy) is 3. The van der Waals surface area contributed by atoms with Crippen LogP contribution in [0.4, 0.5) is 18.9 Å². The van der Waals surface area contributed by atoms with Gasteiger partial charge in [-0.3, -0.25) is 34.1 Å². The number of aromatic nitrogens is 2. The van der Waals surface area contributed by atoms with Crippen molar-refractivity contribution in [2.45, 2.75) is 135 Å². The number of rotatable bonds is 9. The number of morpholine rings is 1. The van der Waals surface area contributed by atoms with Gasteiger partial charge in [-0.2, -0.15) is 18.6 Å². The lowest BCUT2D eigenvalue weighted by atomic mass is 9.84. The maximum atomic E-state index is 14.9. The van der Waals surface area contributed by atoms with Crippen LogP contribution < -0.4 is 15.6 Å². The van der Waals surface area contributed by atoms with Gasteiger partial charge in [0.15, 0.2) is 0 Å². The predicted molar refractivity (Wildman–Crippen MR) is 277 cm³/mol. The fraction of sp³-hybridized carbons (Fsp3) is 0.636. The molecule has 0 unspecified atom stereocenters. The van der Waals surface area contributed by atoms with E-state index in [0.717, 1.165) is 5.01 Å². The summed E-state index contributed by atoms with van der Waals surface area (Å²) < 4.78 is 63.5. The molecule has 8 rings (SSSR count). The third-order valence-corrected chi connectivity index (χ3v) is 16.0. The largest absolute Gasteiger partial charge is 0.462 e. The summed E-state index contributed by atoms with van der Waals surface area (Å²) in [5, 5.41) is 16.6. The fourth-order valence-corrected chi connectivity index (χ4v) is 11.3. The van der Waals surface area contributed by atoms with E-state index in [0.29, 0.717) is 65.0 Å². The van der Waals surface area contributed by atoms with E-state index in [4.69, 9.17) is 14.2 Å². The average Bonchev–Trinajstić information content (AvgIpc) is 4.03.